The second-order valence-corrected chi connectivity index (χ2v) is 5.81. The third kappa shape index (κ3) is 3.68. The monoisotopic (exact) mass is 344 g/mol. The molecular weight excluding hydrogens is 328 g/mol. The van der Waals surface area contributed by atoms with Crippen LogP contribution in [0.4, 0.5) is 11.5 Å². The van der Waals surface area contributed by atoms with Crippen molar-refractivity contribution in [3.63, 3.8) is 0 Å². The molecule has 0 saturated heterocycles. The third-order valence-electron chi connectivity index (χ3n) is 4.08. The molecule has 0 amide bonds. The number of nitrogens with one attached hydrogen (secondary N) is 1. The summed E-state index contributed by atoms with van der Waals surface area (Å²) in [6.07, 6.45) is 1.15. The fourth-order valence-electron chi connectivity index (χ4n) is 2.64. The van der Waals surface area contributed by atoms with Gasteiger partial charge in [-0.25, -0.2) is 4.98 Å². The summed E-state index contributed by atoms with van der Waals surface area (Å²) in [5.41, 5.74) is 3.23. The first-order valence-electron chi connectivity index (χ1n) is 8.05. The predicted molar refractivity (Wildman–Crippen MR) is 99.5 cm³/mol. The Bertz CT molecular complexity index is 963. The summed E-state index contributed by atoms with van der Waals surface area (Å²) in [4.78, 5) is 14.3. The number of hydrogen-bond donors (Lipinski definition) is 1. The maximum Gasteiger partial charge on any atom is 0.289 e. The first kappa shape index (κ1) is 17.1. The summed E-state index contributed by atoms with van der Waals surface area (Å²) in [5.74, 6) is 0.331. The molecule has 26 heavy (non-hydrogen) atoms. The fraction of sp³-hybridized carbons (Fsp3) is 0.100. The van der Waals surface area contributed by atoms with Crippen LogP contribution in [-0.4, -0.2) is 9.91 Å². The molecule has 6 nitrogen and oxygen atoms in total. The predicted octanol–water partition coefficient (Wildman–Crippen LogP) is 4.70. The standard InChI is InChI=1S/C20H16N4O2/c1-14(23-20-18(12-21)11-19(13-22-20)24(25)26)15-7-9-17(10-8-15)16-5-3-2-4-6-16/h2-11,13-14H,1H3,(H,22,23). The molecule has 2 aromatic carbocycles. The molecule has 1 unspecified atom stereocenters. The molecule has 128 valence electrons. The normalized spacial score (nSPS) is 11.4. The fourth-order valence-corrected chi connectivity index (χ4v) is 2.64. The Labute approximate surface area is 150 Å². The van der Waals surface area contributed by atoms with Crippen LogP contribution in [0.1, 0.15) is 24.1 Å². The molecular formula is C20H16N4O2. The van der Waals surface area contributed by atoms with Gasteiger partial charge in [-0.15, -0.1) is 0 Å². The summed E-state index contributed by atoms with van der Waals surface area (Å²) in [5, 5.41) is 23.2. The second-order valence-electron chi connectivity index (χ2n) is 5.81. The highest BCUT2D eigenvalue weighted by Crippen LogP contribution is 2.25. The van der Waals surface area contributed by atoms with E-state index in [4.69, 9.17) is 0 Å². The largest absolute Gasteiger partial charge is 0.362 e. The van der Waals surface area contributed by atoms with Gasteiger partial charge in [0.2, 0.25) is 0 Å². The molecule has 1 N–H and O–H groups in total. The van der Waals surface area contributed by atoms with Gasteiger partial charge in [0.1, 0.15) is 23.6 Å². The average Bonchev–Trinajstić information content (AvgIpc) is 2.69. The Morgan fingerprint density at radius 3 is 2.38 bits per heavy atom. The van der Waals surface area contributed by atoms with E-state index in [1.165, 1.54) is 6.07 Å². The number of nitro groups is 1. The van der Waals surface area contributed by atoms with Crippen LogP contribution in [0, 0.1) is 21.4 Å². The van der Waals surface area contributed by atoms with Crippen LogP contribution in [0.3, 0.4) is 0 Å². The van der Waals surface area contributed by atoms with Gasteiger partial charge in [0, 0.05) is 12.1 Å². The van der Waals surface area contributed by atoms with Gasteiger partial charge in [0.05, 0.1) is 4.92 Å². The molecule has 0 spiro atoms. The van der Waals surface area contributed by atoms with Gasteiger partial charge in [-0.3, -0.25) is 10.1 Å². The highest BCUT2D eigenvalue weighted by molar-refractivity contribution is 5.64. The summed E-state index contributed by atoms with van der Waals surface area (Å²) in [6, 6.07) is 21.2. The molecule has 0 aliphatic carbocycles. The minimum atomic E-state index is -0.566. The molecule has 0 aliphatic heterocycles. The summed E-state index contributed by atoms with van der Waals surface area (Å²) in [6.45, 7) is 1.95. The van der Waals surface area contributed by atoms with Crippen LogP contribution in [0.5, 0.6) is 0 Å². The topological polar surface area (TPSA) is 91.8 Å². The van der Waals surface area contributed by atoms with Gasteiger partial charge >= 0.3 is 0 Å². The molecule has 3 aromatic rings. The average molecular weight is 344 g/mol. The SMILES string of the molecule is CC(Nc1ncc([N+](=O)[O-])cc1C#N)c1ccc(-c2ccccc2)cc1. The highest BCUT2D eigenvalue weighted by atomic mass is 16.6. The zero-order valence-electron chi connectivity index (χ0n) is 14.1. The van der Waals surface area contributed by atoms with E-state index in [0.29, 0.717) is 5.82 Å². The van der Waals surface area contributed by atoms with Crippen molar-refractivity contribution in [2.45, 2.75) is 13.0 Å². The van der Waals surface area contributed by atoms with E-state index < -0.39 is 4.92 Å². The Morgan fingerprint density at radius 1 is 1.12 bits per heavy atom. The van der Waals surface area contributed by atoms with Crippen LogP contribution >= 0.6 is 0 Å². The Kier molecular flexibility index (Phi) is 4.90. The van der Waals surface area contributed by atoms with Gasteiger partial charge in [0.15, 0.2) is 0 Å². The van der Waals surface area contributed by atoms with Crippen molar-refractivity contribution in [2.75, 3.05) is 5.32 Å². The van der Waals surface area contributed by atoms with Crippen molar-refractivity contribution < 1.29 is 4.92 Å². The Morgan fingerprint density at radius 2 is 1.77 bits per heavy atom. The molecule has 1 aromatic heterocycles. The van der Waals surface area contributed by atoms with Crippen molar-refractivity contribution in [1.82, 2.24) is 4.98 Å². The Balaban J connectivity index is 1.79. The van der Waals surface area contributed by atoms with Crippen molar-refractivity contribution in [2.24, 2.45) is 0 Å². The summed E-state index contributed by atoms with van der Waals surface area (Å²) >= 11 is 0. The number of anilines is 1. The number of nitriles is 1. The lowest BCUT2D eigenvalue weighted by molar-refractivity contribution is -0.385. The zero-order chi connectivity index (χ0) is 18.5. The second kappa shape index (κ2) is 7.45. The molecule has 0 aliphatic rings. The third-order valence-corrected chi connectivity index (χ3v) is 4.08. The number of rotatable bonds is 5. The molecule has 0 saturated carbocycles. The zero-order valence-corrected chi connectivity index (χ0v) is 14.1. The molecule has 1 atom stereocenters. The number of pyridine rings is 1. The van der Waals surface area contributed by atoms with Crippen LogP contribution in [0.15, 0.2) is 66.9 Å². The highest BCUT2D eigenvalue weighted by Gasteiger charge is 2.14. The minimum absolute atomic E-state index is 0.110. The summed E-state index contributed by atoms with van der Waals surface area (Å²) < 4.78 is 0. The first-order valence-corrected chi connectivity index (χ1v) is 8.05. The van der Waals surface area contributed by atoms with Crippen LogP contribution in [0.2, 0.25) is 0 Å². The lowest BCUT2D eigenvalue weighted by Gasteiger charge is -2.16. The smallest absolute Gasteiger partial charge is 0.289 e. The van der Waals surface area contributed by atoms with Gasteiger partial charge in [-0.1, -0.05) is 54.6 Å². The van der Waals surface area contributed by atoms with E-state index in [9.17, 15) is 15.4 Å². The summed E-state index contributed by atoms with van der Waals surface area (Å²) in [7, 11) is 0. The van der Waals surface area contributed by atoms with Crippen molar-refractivity contribution in [3.05, 3.63) is 88.1 Å². The maximum absolute atomic E-state index is 10.8. The molecule has 6 heteroatoms. The Hall–Kier alpha value is -3.72. The van der Waals surface area contributed by atoms with E-state index >= 15 is 0 Å². The number of benzene rings is 2. The molecule has 0 radical (unpaired) electrons. The van der Waals surface area contributed by atoms with Crippen molar-refractivity contribution in [3.8, 4) is 17.2 Å². The molecule has 0 bridgehead atoms. The van der Waals surface area contributed by atoms with E-state index in [2.05, 4.69) is 22.4 Å². The molecule has 0 fully saturated rings. The first-order chi connectivity index (χ1) is 12.6. The number of nitrogens with zero attached hydrogens (tertiary/aromatic N) is 3. The molecule has 1 heterocycles. The van der Waals surface area contributed by atoms with E-state index in [0.717, 1.165) is 22.9 Å². The van der Waals surface area contributed by atoms with Crippen LogP contribution < -0.4 is 5.32 Å². The lowest BCUT2D eigenvalue weighted by atomic mass is 10.0. The maximum atomic E-state index is 10.8. The van der Waals surface area contributed by atoms with Crippen molar-refractivity contribution >= 4 is 11.5 Å². The van der Waals surface area contributed by atoms with Crippen LogP contribution in [-0.2, 0) is 0 Å². The van der Waals surface area contributed by atoms with Gasteiger partial charge in [-0.05, 0) is 23.6 Å². The van der Waals surface area contributed by atoms with Crippen molar-refractivity contribution in [1.29, 1.82) is 5.26 Å². The molecule has 3 rings (SSSR count). The van der Waals surface area contributed by atoms with Gasteiger partial charge in [-0.2, -0.15) is 5.26 Å². The van der Waals surface area contributed by atoms with E-state index in [1.807, 2.05) is 55.5 Å². The van der Waals surface area contributed by atoms with Crippen LogP contribution in [0.25, 0.3) is 11.1 Å². The van der Waals surface area contributed by atoms with E-state index in [1.54, 1.807) is 0 Å². The number of hydrogen-bond acceptors (Lipinski definition) is 5. The lowest BCUT2D eigenvalue weighted by Crippen LogP contribution is -2.09. The quantitative estimate of drug-likeness (QED) is 0.535. The minimum Gasteiger partial charge on any atom is -0.362 e. The van der Waals surface area contributed by atoms with Gasteiger partial charge < -0.3 is 5.32 Å². The number of aromatic nitrogens is 1. The van der Waals surface area contributed by atoms with E-state index in [-0.39, 0.29) is 17.3 Å². The van der Waals surface area contributed by atoms with Gasteiger partial charge in [0.25, 0.3) is 5.69 Å².